The Kier molecular flexibility index (Phi) is 6.88. The topological polar surface area (TPSA) is 52.6 Å². The molecular formula is C21H32N2O2. The molecule has 0 spiro atoms. The van der Waals surface area contributed by atoms with E-state index in [1.807, 2.05) is 12.1 Å². The average molecular weight is 344 g/mol. The number of anilines is 1. The third-order valence-corrected chi connectivity index (χ3v) is 5.78. The average Bonchev–Trinajstić information content (AvgIpc) is 2.63. The lowest BCUT2D eigenvalue weighted by Gasteiger charge is -2.31. The van der Waals surface area contributed by atoms with Crippen LogP contribution < -0.4 is 5.32 Å². The Morgan fingerprint density at radius 2 is 1.84 bits per heavy atom. The molecule has 1 saturated carbocycles. The molecule has 3 rings (SSSR count). The van der Waals surface area contributed by atoms with Crippen molar-refractivity contribution in [2.45, 2.75) is 57.9 Å². The molecule has 0 atom stereocenters. The van der Waals surface area contributed by atoms with E-state index in [-0.39, 0.29) is 5.91 Å². The number of amides is 1. The van der Waals surface area contributed by atoms with E-state index in [1.54, 1.807) is 0 Å². The number of carbonyl (C=O) groups excluding carboxylic acids is 1. The molecule has 1 heterocycles. The lowest BCUT2D eigenvalue weighted by atomic mass is 9.87. The lowest BCUT2D eigenvalue weighted by molar-refractivity contribution is -0.117. The summed E-state index contributed by atoms with van der Waals surface area (Å²) in [6, 6.07) is 8.26. The van der Waals surface area contributed by atoms with Gasteiger partial charge < -0.3 is 10.4 Å². The first-order valence-electron chi connectivity index (χ1n) is 9.95. The van der Waals surface area contributed by atoms with E-state index in [0.717, 1.165) is 38.2 Å². The molecule has 4 nitrogen and oxygen atoms in total. The highest BCUT2D eigenvalue weighted by Crippen LogP contribution is 2.27. The molecule has 0 unspecified atom stereocenters. The van der Waals surface area contributed by atoms with E-state index in [2.05, 4.69) is 22.3 Å². The fourth-order valence-corrected chi connectivity index (χ4v) is 4.20. The van der Waals surface area contributed by atoms with Crippen LogP contribution in [0.15, 0.2) is 24.3 Å². The maximum Gasteiger partial charge on any atom is 0.224 e. The first kappa shape index (κ1) is 18.4. The van der Waals surface area contributed by atoms with Crippen LogP contribution in [0.2, 0.25) is 0 Å². The maximum atomic E-state index is 12.3. The van der Waals surface area contributed by atoms with Gasteiger partial charge in [0.1, 0.15) is 0 Å². The number of hydrogen-bond donors (Lipinski definition) is 2. The van der Waals surface area contributed by atoms with Gasteiger partial charge in [-0.3, -0.25) is 9.69 Å². The van der Waals surface area contributed by atoms with E-state index >= 15 is 0 Å². The van der Waals surface area contributed by atoms with Crippen molar-refractivity contribution in [2.75, 3.05) is 25.0 Å². The summed E-state index contributed by atoms with van der Waals surface area (Å²) in [5, 5.41) is 12.3. The minimum Gasteiger partial charge on any atom is -0.396 e. The summed E-state index contributed by atoms with van der Waals surface area (Å²) in [5.74, 6) is 1.21. The third kappa shape index (κ3) is 5.82. The van der Waals surface area contributed by atoms with Crippen molar-refractivity contribution in [1.82, 2.24) is 4.90 Å². The molecule has 138 valence electrons. The number of piperidine rings is 1. The number of likely N-dealkylation sites (tertiary alicyclic amines) is 1. The van der Waals surface area contributed by atoms with Gasteiger partial charge in [0.2, 0.25) is 5.91 Å². The number of benzene rings is 1. The van der Waals surface area contributed by atoms with Gasteiger partial charge in [0.15, 0.2) is 0 Å². The Morgan fingerprint density at radius 1 is 1.08 bits per heavy atom. The zero-order valence-electron chi connectivity index (χ0n) is 15.3. The van der Waals surface area contributed by atoms with Gasteiger partial charge in [-0.15, -0.1) is 0 Å². The number of nitrogens with one attached hydrogen (secondary N) is 1. The molecule has 2 aliphatic rings. The van der Waals surface area contributed by atoms with E-state index in [9.17, 15) is 9.90 Å². The summed E-state index contributed by atoms with van der Waals surface area (Å²) in [4.78, 5) is 14.7. The molecule has 1 aromatic carbocycles. The van der Waals surface area contributed by atoms with Crippen LogP contribution >= 0.6 is 0 Å². The number of hydrogen-bond acceptors (Lipinski definition) is 3. The number of rotatable bonds is 6. The zero-order chi connectivity index (χ0) is 17.5. The highest BCUT2D eigenvalue weighted by molar-refractivity contribution is 5.90. The molecule has 2 N–H and O–H groups in total. The second-order valence-electron chi connectivity index (χ2n) is 7.86. The molecule has 1 aliphatic heterocycles. The monoisotopic (exact) mass is 344 g/mol. The molecule has 4 heteroatoms. The number of aliphatic hydroxyl groups is 1. The summed E-state index contributed by atoms with van der Waals surface area (Å²) in [6.07, 6.45) is 9.12. The predicted molar refractivity (Wildman–Crippen MR) is 101 cm³/mol. The quantitative estimate of drug-likeness (QED) is 0.825. The Morgan fingerprint density at radius 3 is 2.56 bits per heavy atom. The van der Waals surface area contributed by atoms with Crippen LogP contribution in [0.3, 0.4) is 0 Å². The second kappa shape index (κ2) is 9.35. The first-order valence-corrected chi connectivity index (χ1v) is 9.95. The van der Waals surface area contributed by atoms with Crippen LogP contribution in [0.1, 0.15) is 56.9 Å². The van der Waals surface area contributed by atoms with E-state index in [4.69, 9.17) is 0 Å². The third-order valence-electron chi connectivity index (χ3n) is 5.78. The van der Waals surface area contributed by atoms with Crippen LogP contribution in [-0.2, 0) is 11.3 Å². The van der Waals surface area contributed by atoms with Gasteiger partial charge in [0.25, 0.3) is 0 Å². The summed E-state index contributed by atoms with van der Waals surface area (Å²) in [6.45, 7) is 3.33. The summed E-state index contributed by atoms with van der Waals surface area (Å²) >= 11 is 0. The highest BCUT2D eigenvalue weighted by atomic mass is 16.3. The minimum atomic E-state index is 0.160. The summed E-state index contributed by atoms with van der Waals surface area (Å²) < 4.78 is 0. The molecule has 0 bridgehead atoms. The highest BCUT2D eigenvalue weighted by Gasteiger charge is 2.19. The van der Waals surface area contributed by atoms with Crippen molar-refractivity contribution in [3.8, 4) is 0 Å². The Labute approximate surface area is 151 Å². The van der Waals surface area contributed by atoms with E-state index in [1.165, 1.54) is 37.7 Å². The molecule has 1 aliphatic carbocycles. The van der Waals surface area contributed by atoms with Crippen molar-refractivity contribution >= 4 is 11.6 Å². The van der Waals surface area contributed by atoms with Crippen molar-refractivity contribution < 1.29 is 9.90 Å². The van der Waals surface area contributed by atoms with Gasteiger partial charge in [-0.2, -0.15) is 0 Å². The lowest BCUT2D eigenvalue weighted by Crippen LogP contribution is -2.34. The van der Waals surface area contributed by atoms with Crippen molar-refractivity contribution in [3.63, 3.8) is 0 Å². The minimum absolute atomic E-state index is 0.160. The molecule has 25 heavy (non-hydrogen) atoms. The number of carbonyl (C=O) groups is 1. The van der Waals surface area contributed by atoms with Crippen LogP contribution in [0, 0.1) is 11.8 Å². The molecule has 0 radical (unpaired) electrons. The van der Waals surface area contributed by atoms with Crippen LogP contribution in [-0.4, -0.2) is 35.6 Å². The fourth-order valence-electron chi connectivity index (χ4n) is 4.20. The Hall–Kier alpha value is -1.39. The normalized spacial score (nSPS) is 20.5. The SMILES string of the molecule is O=C(CC1CCCCC1)Nc1cccc(CN2CCC(CO)CC2)c1. The van der Waals surface area contributed by atoms with Crippen LogP contribution in [0.5, 0.6) is 0 Å². The van der Waals surface area contributed by atoms with Gasteiger partial charge in [0.05, 0.1) is 0 Å². The second-order valence-corrected chi connectivity index (χ2v) is 7.86. The smallest absolute Gasteiger partial charge is 0.224 e. The van der Waals surface area contributed by atoms with Gasteiger partial charge >= 0.3 is 0 Å². The molecule has 0 aromatic heterocycles. The van der Waals surface area contributed by atoms with Gasteiger partial charge in [-0.1, -0.05) is 31.4 Å². The first-order chi connectivity index (χ1) is 12.2. The van der Waals surface area contributed by atoms with Gasteiger partial charge in [-0.05, 0) is 68.3 Å². The van der Waals surface area contributed by atoms with Crippen molar-refractivity contribution in [1.29, 1.82) is 0 Å². The maximum absolute atomic E-state index is 12.3. The predicted octanol–water partition coefficient (Wildman–Crippen LogP) is 3.80. The zero-order valence-corrected chi connectivity index (χ0v) is 15.3. The number of aliphatic hydroxyl groups excluding tert-OH is 1. The standard InChI is InChI=1S/C21H32N2O2/c24-16-18-9-11-23(12-10-18)15-19-7-4-8-20(13-19)22-21(25)14-17-5-2-1-3-6-17/h4,7-8,13,17-18,24H,1-3,5-6,9-12,14-16H2,(H,22,25). The molecule has 1 saturated heterocycles. The Bertz CT molecular complexity index is 547. The Balaban J connectivity index is 1.48. The number of nitrogens with zero attached hydrogens (tertiary/aromatic N) is 1. The molecule has 1 aromatic rings. The van der Waals surface area contributed by atoms with Gasteiger partial charge in [-0.25, -0.2) is 0 Å². The van der Waals surface area contributed by atoms with E-state index in [0.29, 0.717) is 24.9 Å². The van der Waals surface area contributed by atoms with Crippen molar-refractivity contribution in [3.05, 3.63) is 29.8 Å². The summed E-state index contributed by atoms with van der Waals surface area (Å²) in [7, 11) is 0. The fraction of sp³-hybridized carbons (Fsp3) is 0.667. The van der Waals surface area contributed by atoms with E-state index < -0.39 is 0 Å². The van der Waals surface area contributed by atoms with Crippen LogP contribution in [0.25, 0.3) is 0 Å². The molecule has 2 fully saturated rings. The largest absolute Gasteiger partial charge is 0.396 e. The summed E-state index contributed by atoms with van der Waals surface area (Å²) in [5.41, 5.74) is 2.17. The molecule has 1 amide bonds. The molecular weight excluding hydrogens is 312 g/mol. The van der Waals surface area contributed by atoms with Gasteiger partial charge in [0, 0.05) is 25.3 Å². The van der Waals surface area contributed by atoms with Crippen LogP contribution in [0.4, 0.5) is 5.69 Å². The van der Waals surface area contributed by atoms with Crippen molar-refractivity contribution in [2.24, 2.45) is 11.8 Å².